The van der Waals surface area contributed by atoms with Gasteiger partial charge in [0.1, 0.15) is 40.3 Å². The molecule has 12 aromatic carbocycles. The van der Waals surface area contributed by atoms with Gasteiger partial charge in [-0.2, -0.15) is 0 Å². The number of phenols is 6. The molecule has 6 amide bonds. The predicted octanol–water partition coefficient (Wildman–Crippen LogP) is 19.0. The Bertz CT molecular complexity index is 6220. The van der Waals surface area contributed by atoms with E-state index >= 15 is 0 Å². The fourth-order valence-corrected chi connectivity index (χ4v) is 14.1. The van der Waals surface area contributed by atoms with Gasteiger partial charge >= 0.3 is 0 Å². The van der Waals surface area contributed by atoms with Crippen molar-refractivity contribution < 1.29 is 63.8 Å². The molecule has 6 aromatic heterocycles. The van der Waals surface area contributed by atoms with Crippen molar-refractivity contribution in [2.75, 3.05) is 31.9 Å². The van der Waals surface area contributed by atoms with Crippen molar-refractivity contribution in [3.8, 4) is 34.5 Å². The summed E-state index contributed by atoms with van der Waals surface area (Å²) in [5.41, 5.74) is 13.4. The molecule has 6 heterocycles. The largest absolute Gasteiger partial charge is 0.507 e. The number of aryl methyl sites for hydroxylation is 5. The van der Waals surface area contributed by atoms with E-state index in [-0.39, 0.29) is 97.8 Å². The van der Waals surface area contributed by atoms with E-state index in [1.54, 1.807) is 72.8 Å². The summed E-state index contributed by atoms with van der Waals surface area (Å²) in [5, 5.41) is 75.3. The smallest absolute Gasteiger partial charge is 0.291 e. The average Bonchev–Trinajstić information content (AvgIpc) is 1.71. The van der Waals surface area contributed by atoms with E-state index in [4.69, 9.17) is 0 Å². The number of aromatic hydroxyl groups is 6. The number of H-pyrrole nitrogens is 3. The molecule has 0 saturated carbocycles. The summed E-state index contributed by atoms with van der Waals surface area (Å²) in [6.07, 6.45) is 0. The molecule has 27 nitrogen and oxygen atoms in total. The Balaban J connectivity index is 0.000000124. The van der Waals surface area contributed by atoms with E-state index in [0.717, 1.165) is 104 Å². The number of hydrogen-bond donors (Lipinski definition) is 15. The van der Waals surface area contributed by atoms with E-state index in [0.29, 0.717) is 32.9 Å². The minimum atomic E-state index is -0.539. The van der Waals surface area contributed by atoms with Crippen molar-refractivity contribution in [2.45, 2.75) is 34.6 Å². The van der Waals surface area contributed by atoms with Crippen LogP contribution in [0.15, 0.2) is 255 Å². The Labute approximate surface area is 693 Å². The maximum Gasteiger partial charge on any atom is 0.291 e. The lowest BCUT2D eigenvalue weighted by atomic mass is 10.1. The van der Waals surface area contributed by atoms with Gasteiger partial charge in [-0.05, 0) is 202 Å². The molecular weight excluding hydrogens is 1590 g/mol. The molecule has 600 valence electrons. The van der Waals surface area contributed by atoms with Crippen LogP contribution in [0.5, 0.6) is 34.5 Å². The highest BCUT2D eigenvalue weighted by Crippen LogP contribution is 2.33. The number of hydrogen-bond acceptors (Lipinski definition) is 21. The number of carbonyl (C=O) groups excluding carboxylic acids is 6. The standard InChI is InChI=1S/3C15H13N3O2.2C15H12N2O2S.C14H9FN2O2S/c2*1-9-6-7-13(19)12(8-9)18-15(20)14-16-10-4-2-3-5-11(10)17-14;1-9-6-7-12(13(19)8-9)18-15(20)14-16-10-4-2-3-5-11(10)17-14;1-9-6-7-12(18)10(8-9)14(19)17-15-16-11-4-2-3-5-13(11)20-15;1-9-6-7-10(12(18)8-9)16-14(19)15-17-11-4-2-3-5-13(11)20-15;15-8-5-6-11(18)10(7-8)16-13(19)14-17-9-3-1-2-4-12(9)20-14/h3*2-8,19H,1H3,(H,16,17)(H,18,20);2-8,18H,1H3,(H,16,17,19);2-8,18H,1H3,(H,16,19);1-7,18H,(H,16,19). The van der Waals surface area contributed by atoms with Gasteiger partial charge in [-0.1, -0.05) is 120 Å². The van der Waals surface area contributed by atoms with Crippen LogP contribution in [-0.4, -0.2) is 111 Å². The third-order valence-corrected chi connectivity index (χ3v) is 20.5. The Hall–Kier alpha value is -15.7. The molecule has 15 N–H and O–H groups in total. The van der Waals surface area contributed by atoms with Crippen LogP contribution in [0, 0.1) is 40.4 Å². The zero-order chi connectivity index (χ0) is 84.7. The molecule has 0 saturated heterocycles. The quantitative estimate of drug-likeness (QED) is 0.0505. The minimum absolute atomic E-state index is 0.0225. The second-order valence-corrected chi connectivity index (χ2v) is 29.8. The number of halogens is 1. The van der Waals surface area contributed by atoms with Gasteiger partial charge in [-0.25, -0.2) is 34.3 Å². The highest BCUT2D eigenvalue weighted by Gasteiger charge is 2.21. The Morgan fingerprint density at radius 3 is 1.00 bits per heavy atom. The number of nitrogens with one attached hydrogen (secondary N) is 9. The zero-order valence-electron chi connectivity index (χ0n) is 64.2. The van der Waals surface area contributed by atoms with E-state index in [2.05, 4.69) is 76.8 Å². The molecular formula is C89H72FN15O12S3. The van der Waals surface area contributed by atoms with Gasteiger partial charge in [0.05, 0.1) is 97.8 Å². The number of carbonyl (C=O) groups is 6. The molecule has 0 aliphatic carbocycles. The maximum absolute atomic E-state index is 13.1. The number of aromatic amines is 3. The van der Waals surface area contributed by atoms with Gasteiger partial charge in [0.15, 0.2) is 32.6 Å². The third kappa shape index (κ3) is 20.9. The van der Waals surface area contributed by atoms with Crippen molar-refractivity contribution in [1.29, 1.82) is 0 Å². The Morgan fingerprint density at radius 1 is 0.283 bits per heavy atom. The number of para-hydroxylation sites is 9. The van der Waals surface area contributed by atoms with Crippen LogP contribution in [0.25, 0.3) is 63.8 Å². The number of rotatable bonds is 12. The van der Waals surface area contributed by atoms with Gasteiger partial charge in [0.25, 0.3) is 35.4 Å². The van der Waals surface area contributed by atoms with Crippen LogP contribution in [0.2, 0.25) is 0 Å². The van der Waals surface area contributed by atoms with Crippen molar-refractivity contribution in [2.24, 2.45) is 0 Å². The predicted molar refractivity (Wildman–Crippen MR) is 467 cm³/mol. The van der Waals surface area contributed by atoms with Crippen LogP contribution in [0.3, 0.4) is 0 Å². The van der Waals surface area contributed by atoms with Crippen LogP contribution >= 0.6 is 34.0 Å². The lowest BCUT2D eigenvalue weighted by Gasteiger charge is -2.06. The van der Waals surface area contributed by atoms with Gasteiger partial charge < -0.3 is 72.2 Å². The topological polar surface area (TPSA) is 421 Å². The van der Waals surface area contributed by atoms with Crippen LogP contribution in [0.1, 0.15) is 89.6 Å². The van der Waals surface area contributed by atoms with Crippen molar-refractivity contribution >= 4 is 167 Å². The summed E-state index contributed by atoms with van der Waals surface area (Å²) in [4.78, 5) is 107. The van der Waals surface area contributed by atoms with E-state index in [9.17, 15) is 63.8 Å². The zero-order valence-corrected chi connectivity index (χ0v) is 66.6. The molecule has 0 atom stereocenters. The van der Waals surface area contributed by atoms with Crippen LogP contribution in [-0.2, 0) is 0 Å². The minimum Gasteiger partial charge on any atom is -0.507 e. The van der Waals surface area contributed by atoms with Crippen LogP contribution in [0.4, 0.5) is 38.0 Å². The summed E-state index contributed by atoms with van der Waals surface area (Å²) in [6.45, 7) is 9.38. The third-order valence-electron chi connectivity index (χ3n) is 17.5. The first kappa shape index (κ1) is 82.3. The molecule has 0 aliphatic heterocycles. The lowest BCUT2D eigenvalue weighted by molar-refractivity contribution is 0.101. The molecule has 0 radical (unpaired) electrons. The maximum atomic E-state index is 13.1. The highest BCUT2D eigenvalue weighted by molar-refractivity contribution is 7.22. The molecule has 0 spiro atoms. The van der Waals surface area contributed by atoms with Gasteiger partial charge in [-0.3, -0.25) is 34.1 Å². The highest BCUT2D eigenvalue weighted by atomic mass is 32.1. The van der Waals surface area contributed by atoms with Crippen LogP contribution < -0.4 is 31.9 Å². The summed E-state index contributed by atoms with van der Waals surface area (Å²) >= 11 is 3.97. The molecule has 18 rings (SSSR count). The molecule has 31 heteroatoms. The fraction of sp³-hybridized carbons (Fsp3) is 0.0562. The molecule has 0 aliphatic rings. The normalized spacial score (nSPS) is 10.7. The molecule has 18 aromatic rings. The summed E-state index contributed by atoms with van der Waals surface area (Å²) < 4.78 is 16.0. The van der Waals surface area contributed by atoms with E-state index in [1.807, 2.05) is 192 Å². The first-order valence-electron chi connectivity index (χ1n) is 36.6. The summed E-state index contributed by atoms with van der Waals surface area (Å²) in [7, 11) is 0. The Morgan fingerprint density at radius 2 is 0.600 bits per heavy atom. The monoisotopic (exact) mass is 1660 g/mol. The number of fused-ring (bicyclic) bond motifs is 6. The lowest BCUT2D eigenvalue weighted by Crippen LogP contribution is -2.13. The van der Waals surface area contributed by atoms with E-state index in [1.165, 1.54) is 46.1 Å². The molecule has 120 heavy (non-hydrogen) atoms. The van der Waals surface area contributed by atoms with Gasteiger partial charge in [-0.15, -0.1) is 22.7 Å². The number of benzene rings is 12. The number of thiazole rings is 3. The Kier molecular flexibility index (Phi) is 25.5. The first-order chi connectivity index (χ1) is 57.8. The summed E-state index contributed by atoms with van der Waals surface area (Å²) in [5.74, 6) is -2.29. The second kappa shape index (κ2) is 37.3. The number of phenolic OH excluding ortho intramolecular Hbond substituents is 6. The molecule has 0 bridgehead atoms. The molecule has 0 unspecified atom stereocenters. The van der Waals surface area contributed by atoms with Crippen molar-refractivity contribution in [1.82, 2.24) is 44.9 Å². The number of nitrogens with zero attached hydrogens (tertiary/aromatic N) is 6. The summed E-state index contributed by atoms with van der Waals surface area (Å²) in [6, 6.07) is 73.3. The average molecular weight is 1660 g/mol. The number of amides is 6. The number of aromatic nitrogens is 9. The van der Waals surface area contributed by atoms with Crippen molar-refractivity contribution in [3.63, 3.8) is 0 Å². The SMILES string of the molecule is Cc1ccc(NC(=O)c2nc3ccccc3[nH]2)c(O)c1.Cc1ccc(NC(=O)c2nc3ccccc3s2)c(O)c1.Cc1ccc(O)c(C(=O)Nc2nc3ccccc3s2)c1.Cc1ccc(O)c(NC(=O)c2nc3ccccc3[nH]2)c1.Cc1ccc(O)c(NC(=O)c2nc3ccccc3[nH]2)c1.O=C(Nc1cc(F)ccc1O)c1nc2ccccc2s1. The van der Waals surface area contributed by atoms with E-state index < -0.39 is 11.7 Å². The first-order valence-corrected chi connectivity index (χ1v) is 39.0. The van der Waals surface area contributed by atoms with Gasteiger partial charge in [0, 0.05) is 6.07 Å². The number of imidazole rings is 3. The second-order valence-electron chi connectivity index (χ2n) is 26.8. The fourth-order valence-electron chi connectivity index (χ4n) is 11.5. The number of anilines is 6. The van der Waals surface area contributed by atoms with Gasteiger partial charge in [0.2, 0.25) is 0 Å². The molecule has 0 fully saturated rings. The van der Waals surface area contributed by atoms with Crippen molar-refractivity contribution in [3.05, 3.63) is 321 Å².